The Morgan fingerprint density at radius 1 is 1.29 bits per heavy atom. The van der Waals surface area contributed by atoms with Crippen LogP contribution in [-0.4, -0.2) is 13.1 Å². The van der Waals surface area contributed by atoms with E-state index in [4.69, 9.17) is 11.6 Å². The Hall–Kier alpha value is 0.507. The summed E-state index contributed by atoms with van der Waals surface area (Å²) in [7, 11) is -0.969. The Bertz CT molecular complexity index is 53.6. The van der Waals surface area contributed by atoms with E-state index in [1.54, 1.807) is 0 Å². The minimum absolute atomic E-state index is 0.410. The standard InChI is InChI=1S/C5H13ClSi/c1-5(6)7(2,3)4/h5H,1-4H3/t5-/m0/s1. The Morgan fingerprint density at radius 3 is 1.43 bits per heavy atom. The van der Waals surface area contributed by atoms with Crippen LogP contribution in [0.2, 0.25) is 19.6 Å². The van der Waals surface area contributed by atoms with Crippen LogP contribution in [0.25, 0.3) is 0 Å². The normalized spacial score (nSPS) is 16.7. The molecule has 0 heterocycles. The Morgan fingerprint density at radius 2 is 1.43 bits per heavy atom. The van der Waals surface area contributed by atoms with Crippen molar-refractivity contribution in [2.24, 2.45) is 0 Å². The van der Waals surface area contributed by atoms with Crippen LogP contribution in [0.4, 0.5) is 0 Å². The Labute approximate surface area is 51.9 Å². The Kier molecular flexibility index (Phi) is 2.34. The fourth-order valence-electron chi connectivity index (χ4n) is 0. The molecule has 0 N–H and O–H groups in total. The number of halogens is 1. The number of hydrogen-bond acceptors (Lipinski definition) is 0. The first kappa shape index (κ1) is 7.51. The lowest BCUT2D eigenvalue weighted by Crippen LogP contribution is -2.31. The van der Waals surface area contributed by atoms with Crippen molar-refractivity contribution in [3.05, 3.63) is 0 Å². The predicted octanol–water partition coefficient (Wildman–Crippen LogP) is 2.49. The van der Waals surface area contributed by atoms with Crippen LogP contribution >= 0.6 is 11.6 Å². The van der Waals surface area contributed by atoms with E-state index in [0.717, 1.165) is 0 Å². The number of rotatable bonds is 1. The molecule has 44 valence electrons. The highest BCUT2D eigenvalue weighted by atomic mass is 35.5. The van der Waals surface area contributed by atoms with Gasteiger partial charge in [0, 0.05) is 5.00 Å². The summed E-state index contributed by atoms with van der Waals surface area (Å²) in [4.78, 5) is 0. The maximum atomic E-state index is 5.82. The van der Waals surface area contributed by atoms with Gasteiger partial charge in [0.15, 0.2) is 0 Å². The van der Waals surface area contributed by atoms with Gasteiger partial charge in [-0.15, -0.1) is 11.6 Å². The summed E-state index contributed by atoms with van der Waals surface area (Å²) in [5.41, 5.74) is 0. The molecule has 1 atom stereocenters. The van der Waals surface area contributed by atoms with Gasteiger partial charge in [0.2, 0.25) is 0 Å². The van der Waals surface area contributed by atoms with Crippen molar-refractivity contribution in [1.29, 1.82) is 0 Å². The fraction of sp³-hybridized carbons (Fsp3) is 1.00. The summed E-state index contributed by atoms with van der Waals surface area (Å²) in [6.07, 6.45) is 0. The third-order valence-corrected chi connectivity index (χ3v) is 5.54. The van der Waals surface area contributed by atoms with Gasteiger partial charge in [-0.3, -0.25) is 0 Å². The molecule has 0 aromatic rings. The van der Waals surface area contributed by atoms with E-state index in [1.165, 1.54) is 0 Å². The third-order valence-electron chi connectivity index (χ3n) is 1.19. The average molecular weight is 137 g/mol. The second kappa shape index (κ2) is 2.18. The molecule has 0 rings (SSSR count). The maximum Gasteiger partial charge on any atom is 0.0645 e. The molecule has 0 unspecified atom stereocenters. The second-order valence-corrected chi connectivity index (χ2v) is 9.60. The molecular weight excluding hydrogens is 124 g/mol. The summed E-state index contributed by atoms with van der Waals surface area (Å²) >= 11 is 5.82. The molecule has 0 nitrogen and oxygen atoms in total. The zero-order valence-electron chi connectivity index (χ0n) is 5.46. The van der Waals surface area contributed by atoms with Gasteiger partial charge < -0.3 is 0 Å². The SMILES string of the molecule is C[C@@H](Cl)[Si](C)(C)C. The lowest BCUT2D eigenvalue weighted by atomic mass is 11.0. The fourth-order valence-corrected chi connectivity index (χ4v) is 0. The maximum absolute atomic E-state index is 5.82. The van der Waals surface area contributed by atoms with Crippen LogP contribution in [0, 0.1) is 0 Å². The number of alkyl halides is 1. The van der Waals surface area contributed by atoms with E-state index >= 15 is 0 Å². The zero-order chi connectivity index (χ0) is 6.08. The van der Waals surface area contributed by atoms with Crippen molar-refractivity contribution in [2.75, 3.05) is 0 Å². The highest BCUT2D eigenvalue weighted by Crippen LogP contribution is 2.11. The molecule has 0 spiro atoms. The summed E-state index contributed by atoms with van der Waals surface area (Å²) in [5.74, 6) is 0. The highest BCUT2D eigenvalue weighted by Gasteiger charge is 2.18. The van der Waals surface area contributed by atoms with E-state index in [1.807, 2.05) is 0 Å². The molecule has 0 bridgehead atoms. The molecule has 2 heteroatoms. The van der Waals surface area contributed by atoms with Crippen molar-refractivity contribution >= 4 is 19.7 Å². The molecule has 0 aromatic carbocycles. The molecule has 0 aliphatic heterocycles. The van der Waals surface area contributed by atoms with Crippen molar-refractivity contribution in [2.45, 2.75) is 31.6 Å². The quantitative estimate of drug-likeness (QED) is 0.384. The van der Waals surface area contributed by atoms with Gasteiger partial charge >= 0.3 is 0 Å². The van der Waals surface area contributed by atoms with Crippen LogP contribution in [0.5, 0.6) is 0 Å². The van der Waals surface area contributed by atoms with Crippen molar-refractivity contribution in [1.82, 2.24) is 0 Å². The second-order valence-electron chi connectivity index (χ2n) is 2.98. The molecule has 0 amide bonds. The predicted molar refractivity (Wildman–Crippen MR) is 38.7 cm³/mol. The van der Waals surface area contributed by atoms with E-state index < -0.39 is 8.07 Å². The summed E-state index contributed by atoms with van der Waals surface area (Å²) < 4.78 is 0. The lowest BCUT2D eigenvalue weighted by Gasteiger charge is -2.17. The van der Waals surface area contributed by atoms with Crippen molar-refractivity contribution < 1.29 is 0 Å². The average Bonchev–Trinajstić information content (AvgIpc) is 1.31. The van der Waals surface area contributed by atoms with Gasteiger partial charge in [0.05, 0.1) is 8.07 Å². The van der Waals surface area contributed by atoms with Gasteiger partial charge in [0.1, 0.15) is 0 Å². The first-order chi connectivity index (χ1) is 2.94. The molecule has 0 aliphatic rings. The molecule has 7 heavy (non-hydrogen) atoms. The first-order valence-electron chi connectivity index (χ1n) is 2.58. The van der Waals surface area contributed by atoms with E-state index in [2.05, 4.69) is 26.6 Å². The molecule has 0 aliphatic carbocycles. The number of hydrogen-bond donors (Lipinski definition) is 0. The van der Waals surface area contributed by atoms with Gasteiger partial charge in [-0.25, -0.2) is 0 Å². The summed E-state index contributed by atoms with van der Waals surface area (Å²) in [5, 5.41) is 0.410. The molecule has 0 saturated carbocycles. The van der Waals surface area contributed by atoms with Gasteiger partial charge in [-0.2, -0.15) is 0 Å². The highest BCUT2D eigenvalue weighted by molar-refractivity contribution is 6.83. The largest absolute Gasteiger partial charge is 0.127 e. The lowest BCUT2D eigenvalue weighted by molar-refractivity contribution is 1.28. The molecule has 0 fully saturated rings. The van der Waals surface area contributed by atoms with Gasteiger partial charge in [0.25, 0.3) is 0 Å². The third kappa shape index (κ3) is 3.12. The van der Waals surface area contributed by atoms with Crippen LogP contribution in [-0.2, 0) is 0 Å². The van der Waals surface area contributed by atoms with Crippen molar-refractivity contribution in [3.8, 4) is 0 Å². The minimum Gasteiger partial charge on any atom is -0.127 e. The van der Waals surface area contributed by atoms with Crippen molar-refractivity contribution in [3.63, 3.8) is 0 Å². The smallest absolute Gasteiger partial charge is 0.0645 e. The zero-order valence-corrected chi connectivity index (χ0v) is 7.21. The van der Waals surface area contributed by atoms with Crippen LogP contribution in [0.15, 0.2) is 0 Å². The summed E-state index contributed by atoms with van der Waals surface area (Å²) in [6.45, 7) is 8.88. The molecule has 0 radical (unpaired) electrons. The summed E-state index contributed by atoms with van der Waals surface area (Å²) in [6, 6.07) is 0. The minimum atomic E-state index is -0.969. The van der Waals surface area contributed by atoms with E-state index in [-0.39, 0.29) is 0 Å². The molecule has 0 saturated heterocycles. The molecule has 0 aromatic heterocycles. The van der Waals surface area contributed by atoms with Crippen LogP contribution < -0.4 is 0 Å². The monoisotopic (exact) mass is 136 g/mol. The van der Waals surface area contributed by atoms with E-state index in [9.17, 15) is 0 Å². The first-order valence-corrected chi connectivity index (χ1v) is 6.60. The van der Waals surface area contributed by atoms with Crippen LogP contribution in [0.1, 0.15) is 6.92 Å². The van der Waals surface area contributed by atoms with E-state index in [0.29, 0.717) is 5.00 Å². The van der Waals surface area contributed by atoms with Gasteiger partial charge in [-0.1, -0.05) is 26.6 Å². The Balaban J connectivity index is 3.54. The topological polar surface area (TPSA) is 0 Å². The van der Waals surface area contributed by atoms with Crippen LogP contribution in [0.3, 0.4) is 0 Å². The molecular formula is C5H13ClSi. The van der Waals surface area contributed by atoms with Gasteiger partial charge in [-0.05, 0) is 0 Å².